The number of amides is 2. The zero-order valence-electron chi connectivity index (χ0n) is 18.6. The molecule has 8 nitrogen and oxygen atoms in total. The molecule has 1 aromatic carbocycles. The van der Waals surface area contributed by atoms with Gasteiger partial charge in [-0.1, -0.05) is 0 Å². The number of aromatic nitrogens is 1. The summed E-state index contributed by atoms with van der Waals surface area (Å²) in [6.07, 6.45) is 5.55. The van der Waals surface area contributed by atoms with Crippen molar-refractivity contribution in [1.29, 1.82) is 0 Å². The number of aryl methyl sites for hydroxylation is 1. The van der Waals surface area contributed by atoms with Gasteiger partial charge in [0.15, 0.2) is 0 Å². The van der Waals surface area contributed by atoms with E-state index in [0.717, 1.165) is 30.4 Å². The minimum absolute atomic E-state index is 0.104. The van der Waals surface area contributed by atoms with E-state index in [1.165, 1.54) is 4.31 Å². The van der Waals surface area contributed by atoms with Crippen molar-refractivity contribution in [2.24, 2.45) is 5.92 Å². The first-order valence-electron chi connectivity index (χ1n) is 11.5. The molecule has 1 atom stereocenters. The van der Waals surface area contributed by atoms with E-state index >= 15 is 0 Å². The lowest BCUT2D eigenvalue weighted by Gasteiger charge is -2.31. The second kappa shape index (κ2) is 9.62. The van der Waals surface area contributed by atoms with E-state index < -0.39 is 10.0 Å². The number of sulfonamides is 1. The zero-order chi connectivity index (χ0) is 22.7. The number of hydrogen-bond acceptors (Lipinski definition) is 4. The first-order chi connectivity index (χ1) is 15.4. The largest absolute Gasteiger partial charge is 0.356 e. The van der Waals surface area contributed by atoms with Crippen molar-refractivity contribution in [1.82, 2.24) is 19.1 Å². The van der Waals surface area contributed by atoms with Crippen LogP contribution in [0.3, 0.4) is 0 Å². The fraction of sp³-hybridized carbons (Fsp3) is 0.565. The monoisotopic (exact) mass is 460 g/mol. The van der Waals surface area contributed by atoms with Crippen LogP contribution in [0.25, 0.3) is 10.9 Å². The molecule has 0 saturated carbocycles. The molecular weight excluding hydrogens is 428 g/mol. The van der Waals surface area contributed by atoms with Gasteiger partial charge in [-0.15, -0.1) is 0 Å². The normalized spacial score (nSPS) is 20.2. The molecule has 2 fully saturated rings. The zero-order valence-corrected chi connectivity index (χ0v) is 19.4. The summed E-state index contributed by atoms with van der Waals surface area (Å²) in [4.78, 5) is 26.4. The lowest BCUT2D eigenvalue weighted by atomic mass is 9.99. The van der Waals surface area contributed by atoms with Gasteiger partial charge in [-0.25, -0.2) is 8.42 Å². The highest BCUT2D eigenvalue weighted by Crippen LogP contribution is 2.27. The molecule has 2 saturated heterocycles. The van der Waals surface area contributed by atoms with Crippen LogP contribution in [0.2, 0.25) is 0 Å². The Kier molecular flexibility index (Phi) is 6.85. The Morgan fingerprint density at radius 2 is 2.03 bits per heavy atom. The standard InChI is InChI=1S/C23H32N4O4S/c1-2-25-15-10-18-16-20(8-9-21(18)25)32(30,31)27-14-3-6-19(17-27)23(29)24-11-5-13-26-12-4-7-22(26)28/h8-10,15-16,19H,2-7,11-14,17H2,1H3,(H,24,29). The van der Waals surface area contributed by atoms with Crippen molar-refractivity contribution in [3.8, 4) is 0 Å². The molecule has 0 bridgehead atoms. The molecule has 1 aromatic heterocycles. The van der Waals surface area contributed by atoms with Gasteiger partial charge in [-0.05, 0) is 56.9 Å². The maximum Gasteiger partial charge on any atom is 0.243 e. The average molecular weight is 461 g/mol. The van der Waals surface area contributed by atoms with Gasteiger partial charge < -0.3 is 14.8 Å². The molecule has 0 aliphatic carbocycles. The number of rotatable bonds is 8. The summed E-state index contributed by atoms with van der Waals surface area (Å²) >= 11 is 0. The van der Waals surface area contributed by atoms with E-state index in [4.69, 9.17) is 0 Å². The molecule has 0 spiro atoms. The molecule has 174 valence electrons. The van der Waals surface area contributed by atoms with E-state index in [-0.39, 0.29) is 29.2 Å². The van der Waals surface area contributed by atoms with E-state index in [0.29, 0.717) is 45.3 Å². The predicted molar refractivity (Wildman–Crippen MR) is 123 cm³/mol. The van der Waals surface area contributed by atoms with Gasteiger partial charge in [0, 0.05) is 62.8 Å². The highest BCUT2D eigenvalue weighted by Gasteiger charge is 2.33. The van der Waals surface area contributed by atoms with Crippen molar-refractivity contribution < 1.29 is 18.0 Å². The van der Waals surface area contributed by atoms with Gasteiger partial charge in [-0.2, -0.15) is 4.31 Å². The van der Waals surface area contributed by atoms with Gasteiger partial charge in [0.25, 0.3) is 0 Å². The number of hydrogen-bond donors (Lipinski definition) is 1. The third kappa shape index (κ3) is 4.68. The number of benzene rings is 1. The van der Waals surface area contributed by atoms with Gasteiger partial charge in [0.05, 0.1) is 10.8 Å². The Bertz CT molecular complexity index is 1090. The van der Waals surface area contributed by atoms with Crippen molar-refractivity contribution in [2.75, 3.05) is 32.7 Å². The Morgan fingerprint density at radius 3 is 2.78 bits per heavy atom. The van der Waals surface area contributed by atoms with Crippen LogP contribution in [0.4, 0.5) is 0 Å². The number of fused-ring (bicyclic) bond motifs is 1. The summed E-state index contributed by atoms with van der Waals surface area (Å²) in [7, 11) is -3.66. The quantitative estimate of drug-likeness (QED) is 0.612. The maximum absolute atomic E-state index is 13.3. The lowest BCUT2D eigenvalue weighted by molar-refractivity contribution is -0.127. The molecule has 32 heavy (non-hydrogen) atoms. The van der Waals surface area contributed by atoms with Crippen LogP contribution in [0.1, 0.15) is 39.0 Å². The fourth-order valence-electron chi connectivity index (χ4n) is 4.70. The maximum atomic E-state index is 13.3. The SMILES string of the molecule is CCn1ccc2cc(S(=O)(=O)N3CCCC(C(=O)NCCCN4CCCC4=O)C3)ccc21. The number of nitrogens with one attached hydrogen (secondary N) is 1. The van der Waals surface area contributed by atoms with Crippen LogP contribution < -0.4 is 5.32 Å². The average Bonchev–Trinajstić information content (AvgIpc) is 3.41. The molecule has 2 aliphatic rings. The molecule has 0 radical (unpaired) electrons. The summed E-state index contributed by atoms with van der Waals surface area (Å²) in [5, 5.41) is 3.83. The summed E-state index contributed by atoms with van der Waals surface area (Å²) in [5.74, 6) is -0.265. The molecule has 4 rings (SSSR count). The van der Waals surface area contributed by atoms with Crippen LogP contribution in [0.5, 0.6) is 0 Å². The molecular formula is C23H32N4O4S. The first kappa shape index (κ1) is 22.8. The number of nitrogens with zero attached hydrogens (tertiary/aromatic N) is 3. The lowest BCUT2D eigenvalue weighted by Crippen LogP contribution is -2.45. The second-order valence-electron chi connectivity index (χ2n) is 8.65. The topological polar surface area (TPSA) is 91.7 Å². The van der Waals surface area contributed by atoms with Gasteiger partial charge >= 0.3 is 0 Å². The Hall–Kier alpha value is -2.39. The number of carbonyl (C=O) groups is 2. The van der Waals surface area contributed by atoms with Crippen molar-refractivity contribution in [3.63, 3.8) is 0 Å². The molecule has 2 amide bonds. The number of piperidine rings is 1. The van der Waals surface area contributed by atoms with E-state index in [2.05, 4.69) is 16.8 Å². The van der Waals surface area contributed by atoms with E-state index in [1.54, 1.807) is 12.1 Å². The molecule has 3 heterocycles. The molecule has 1 unspecified atom stereocenters. The molecule has 1 N–H and O–H groups in total. The summed E-state index contributed by atoms with van der Waals surface area (Å²) in [6.45, 7) is 5.46. The smallest absolute Gasteiger partial charge is 0.243 e. The molecule has 9 heteroatoms. The van der Waals surface area contributed by atoms with E-state index in [1.807, 2.05) is 23.2 Å². The van der Waals surface area contributed by atoms with Crippen molar-refractivity contribution in [2.45, 2.75) is 50.5 Å². The molecule has 2 aliphatic heterocycles. The van der Waals surface area contributed by atoms with Crippen molar-refractivity contribution in [3.05, 3.63) is 30.5 Å². The minimum atomic E-state index is -3.66. The fourth-order valence-corrected chi connectivity index (χ4v) is 6.26. The Labute approximate surface area is 189 Å². The van der Waals surface area contributed by atoms with Crippen LogP contribution in [-0.4, -0.2) is 66.7 Å². The van der Waals surface area contributed by atoms with Crippen LogP contribution in [-0.2, 0) is 26.2 Å². The second-order valence-corrected chi connectivity index (χ2v) is 10.6. The van der Waals surface area contributed by atoms with Gasteiger partial charge in [-0.3, -0.25) is 9.59 Å². The number of carbonyl (C=O) groups excluding carboxylic acids is 2. The third-order valence-corrected chi connectivity index (χ3v) is 8.41. The highest BCUT2D eigenvalue weighted by molar-refractivity contribution is 7.89. The first-order valence-corrected chi connectivity index (χ1v) is 13.0. The highest BCUT2D eigenvalue weighted by atomic mass is 32.2. The third-order valence-electron chi connectivity index (χ3n) is 6.55. The van der Waals surface area contributed by atoms with Crippen LogP contribution in [0, 0.1) is 5.92 Å². The van der Waals surface area contributed by atoms with Gasteiger partial charge in [0.2, 0.25) is 21.8 Å². The van der Waals surface area contributed by atoms with Crippen LogP contribution in [0.15, 0.2) is 35.4 Å². The Balaban J connectivity index is 1.35. The number of likely N-dealkylation sites (tertiary alicyclic amines) is 1. The van der Waals surface area contributed by atoms with Crippen molar-refractivity contribution >= 4 is 32.7 Å². The summed E-state index contributed by atoms with van der Waals surface area (Å²) < 4.78 is 30.0. The Morgan fingerprint density at radius 1 is 1.19 bits per heavy atom. The van der Waals surface area contributed by atoms with Crippen LogP contribution >= 0.6 is 0 Å². The predicted octanol–water partition coefficient (Wildman–Crippen LogP) is 2.19. The van der Waals surface area contributed by atoms with E-state index in [9.17, 15) is 18.0 Å². The molecule has 2 aromatic rings. The van der Waals surface area contributed by atoms with Gasteiger partial charge in [0.1, 0.15) is 0 Å². The summed E-state index contributed by atoms with van der Waals surface area (Å²) in [6, 6.07) is 7.16. The summed E-state index contributed by atoms with van der Waals surface area (Å²) in [5.41, 5.74) is 1.01. The minimum Gasteiger partial charge on any atom is -0.356 e.